The van der Waals surface area contributed by atoms with Crippen molar-refractivity contribution >= 4 is 23.7 Å². The summed E-state index contributed by atoms with van der Waals surface area (Å²) in [5.74, 6) is -1.29. The van der Waals surface area contributed by atoms with Gasteiger partial charge in [-0.3, -0.25) is 9.59 Å². The zero-order valence-corrected chi connectivity index (χ0v) is 19.4. The Morgan fingerprint density at radius 3 is 2.37 bits per heavy atom. The summed E-state index contributed by atoms with van der Waals surface area (Å²) in [5, 5.41) is 6.19. The Hall–Kier alpha value is -4.28. The Morgan fingerprint density at radius 1 is 1.00 bits per heavy atom. The summed E-state index contributed by atoms with van der Waals surface area (Å²) >= 11 is 0. The van der Waals surface area contributed by atoms with Crippen molar-refractivity contribution in [3.8, 4) is 17.2 Å². The van der Waals surface area contributed by atoms with Gasteiger partial charge in [-0.05, 0) is 44.2 Å². The van der Waals surface area contributed by atoms with Crippen molar-refractivity contribution < 1.29 is 32.2 Å². The van der Waals surface area contributed by atoms with E-state index in [1.165, 1.54) is 49.3 Å². The second kappa shape index (κ2) is 10.3. The Bertz CT molecular complexity index is 1280. The van der Waals surface area contributed by atoms with Crippen LogP contribution in [0, 0.1) is 13.8 Å². The SMILES string of the molecule is COc1ccc(OC)c(NC(=O)C(=O)N/N=C/c2cc(C)n(-c3ccccc3C(F)(F)F)c2C)c1. The number of ether oxygens (including phenoxy) is 2. The number of carbonyl (C=O) groups excluding carboxylic acids is 2. The van der Waals surface area contributed by atoms with E-state index in [-0.39, 0.29) is 11.4 Å². The van der Waals surface area contributed by atoms with Gasteiger partial charge < -0.3 is 19.4 Å². The van der Waals surface area contributed by atoms with E-state index in [0.717, 1.165) is 6.07 Å². The largest absolute Gasteiger partial charge is 0.497 e. The van der Waals surface area contributed by atoms with E-state index in [9.17, 15) is 22.8 Å². The van der Waals surface area contributed by atoms with Crippen LogP contribution < -0.4 is 20.2 Å². The third-order valence-electron chi connectivity index (χ3n) is 5.15. The van der Waals surface area contributed by atoms with Crippen LogP contribution in [-0.2, 0) is 15.8 Å². The summed E-state index contributed by atoms with van der Waals surface area (Å²) in [7, 11) is 2.86. The molecule has 0 aliphatic carbocycles. The summed E-state index contributed by atoms with van der Waals surface area (Å²) in [4.78, 5) is 24.4. The second-order valence-corrected chi connectivity index (χ2v) is 7.40. The van der Waals surface area contributed by atoms with Crippen molar-refractivity contribution in [1.82, 2.24) is 9.99 Å². The van der Waals surface area contributed by atoms with E-state index < -0.39 is 23.6 Å². The molecule has 2 N–H and O–H groups in total. The number of aryl methyl sites for hydroxylation is 1. The van der Waals surface area contributed by atoms with Gasteiger partial charge in [0.2, 0.25) is 0 Å². The van der Waals surface area contributed by atoms with Crippen LogP contribution in [0.4, 0.5) is 18.9 Å². The van der Waals surface area contributed by atoms with E-state index in [1.54, 1.807) is 32.0 Å². The monoisotopic (exact) mass is 488 g/mol. The Kier molecular flexibility index (Phi) is 7.48. The molecule has 1 heterocycles. The highest BCUT2D eigenvalue weighted by Crippen LogP contribution is 2.35. The molecule has 0 aliphatic heterocycles. The zero-order valence-electron chi connectivity index (χ0n) is 19.4. The third-order valence-corrected chi connectivity index (χ3v) is 5.15. The number of carbonyl (C=O) groups is 2. The minimum atomic E-state index is -4.53. The van der Waals surface area contributed by atoms with Gasteiger partial charge in [0.05, 0.1) is 37.4 Å². The van der Waals surface area contributed by atoms with Crippen LogP contribution >= 0.6 is 0 Å². The summed E-state index contributed by atoms with van der Waals surface area (Å²) in [6, 6.07) is 11.5. The fourth-order valence-corrected chi connectivity index (χ4v) is 3.50. The molecule has 11 heteroatoms. The number of anilines is 1. The van der Waals surface area contributed by atoms with E-state index in [0.29, 0.717) is 28.5 Å². The first kappa shape index (κ1) is 25.3. The first-order valence-corrected chi connectivity index (χ1v) is 10.3. The minimum Gasteiger partial charge on any atom is -0.497 e. The molecule has 2 amide bonds. The molecule has 0 spiro atoms. The lowest BCUT2D eigenvalue weighted by molar-refractivity contribution is -0.137. The van der Waals surface area contributed by atoms with Crippen molar-refractivity contribution in [2.24, 2.45) is 5.10 Å². The number of hydrogen-bond acceptors (Lipinski definition) is 5. The summed E-state index contributed by atoms with van der Waals surface area (Å²) < 4.78 is 52.1. The molecule has 35 heavy (non-hydrogen) atoms. The molecule has 184 valence electrons. The average molecular weight is 488 g/mol. The van der Waals surface area contributed by atoms with Crippen LogP contribution in [0.5, 0.6) is 11.5 Å². The molecular formula is C24H23F3N4O4. The highest BCUT2D eigenvalue weighted by atomic mass is 19.4. The number of methoxy groups -OCH3 is 2. The zero-order chi connectivity index (χ0) is 25.8. The summed E-state index contributed by atoms with van der Waals surface area (Å²) in [6.07, 6.45) is -3.27. The van der Waals surface area contributed by atoms with Crippen molar-refractivity contribution in [2.75, 3.05) is 19.5 Å². The van der Waals surface area contributed by atoms with Gasteiger partial charge in [-0.15, -0.1) is 0 Å². The van der Waals surface area contributed by atoms with Crippen molar-refractivity contribution in [3.05, 3.63) is 71.0 Å². The smallest absolute Gasteiger partial charge is 0.418 e. The number of hydrazone groups is 1. The van der Waals surface area contributed by atoms with Crippen LogP contribution in [0.3, 0.4) is 0 Å². The molecule has 0 bridgehead atoms. The summed E-state index contributed by atoms with van der Waals surface area (Å²) in [6.45, 7) is 3.29. The maximum absolute atomic E-state index is 13.5. The molecule has 0 radical (unpaired) electrons. The van der Waals surface area contributed by atoms with Crippen molar-refractivity contribution in [1.29, 1.82) is 0 Å². The van der Waals surface area contributed by atoms with E-state index in [4.69, 9.17) is 9.47 Å². The molecule has 2 aromatic carbocycles. The van der Waals surface area contributed by atoms with Gasteiger partial charge in [0.15, 0.2) is 0 Å². The fourth-order valence-electron chi connectivity index (χ4n) is 3.50. The van der Waals surface area contributed by atoms with E-state index in [2.05, 4.69) is 15.8 Å². The quantitative estimate of drug-likeness (QED) is 0.309. The number of halogens is 3. The average Bonchev–Trinajstić information content (AvgIpc) is 3.10. The first-order valence-electron chi connectivity index (χ1n) is 10.3. The van der Waals surface area contributed by atoms with Gasteiger partial charge in [-0.25, -0.2) is 5.43 Å². The summed E-state index contributed by atoms with van der Waals surface area (Å²) in [5.41, 5.74) is 3.01. The van der Waals surface area contributed by atoms with Gasteiger partial charge in [0, 0.05) is 23.0 Å². The number of hydrogen-bond donors (Lipinski definition) is 2. The number of alkyl halides is 3. The number of aromatic nitrogens is 1. The molecular weight excluding hydrogens is 465 g/mol. The van der Waals surface area contributed by atoms with Gasteiger partial charge in [0.1, 0.15) is 11.5 Å². The van der Waals surface area contributed by atoms with Gasteiger partial charge in [-0.1, -0.05) is 12.1 Å². The lowest BCUT2D eigenvalue weighted by Gasteiger charge is -2.16. The van der Waals surface area contributed by atoms with E-state index >= 15 is 0 Å². The van der Waals surface area contributed by atoms with Crippen LogP contribution in [-0.4, -0.2) is 36.8 Å². The van der Waals surface area contributed by atoms with Gasteiger partial charge >= 0.3 is 18.0 Å². The topological polar surface area (TPSA) is 93.9 Å². The highest BCUT2D eigenvalue weighted by molar-refractivity contribution is 6.39. The Balaban J connectivity index is 1.76. The normalized spacial score (nSPS) is 11.4. The first-order chi connectivity index (χ1) is 16.6. The number of amides is 2. The standard InChI is InChI=1S/C24H23F3N4O4/c1-14-11-16(15(2)31(14)20-8-6-5-7-18(20)24(25,26)27)13-28-30-23(33)22(32)29-19-12-17(34-3)9-10-21(19)35-4/h5-13H,1-4H3,(H,29,32)(H,30,33)/b28-13+. The lowest BCUT2D eigenvalue weighted by atomic mass is 10.1. The molecule has 0 unspecified atom stereocenters. The Labute approximate surface area is 199 Å². The number of rotatable bonds is 6. The van der Waals surface area contributed by atoms with Crippen LogP contribution in [0.15, 0.2) is 53.6 Å². The number of para-hydroxylation sites is 1. The molecule has 0 aliphatic rings. The van der Waals surface area contributed by atoms with Crippen LogP contribution in [0.1, 0.15) is 22.5 Å². The maximum atomic E-state index is 13.5. The van der Waals surface area contributed by atoms with Gasteiger partial charge in [0.25, 0.3) is 0 Å². The molecule has 0 fully saturated rings. The molecule has 0 saturated heterocycles. The van der Waals surface area contributed by atoms with E-state index in [1.807, 2.05) is 0 Å². The fraction of sp³-hybridized carbons (Fsp3) is 0.208. The van der Waals surface area contributed by atoms with Crippen molar-refractivity contribution in [3.63, 3.8) is 0 Å². The highest BCUT2D eigenvalue weighted by Gasteiger charge is 2.34. The molecule has 3 aromatic rings. The number of nitrogens with one attached hydrogen (secondary N) is 2. The van der Waals surface area contributed by atoms with Crippen molar-refractivity contribution in [2.45, 2.75) is 20.0 Å². The lowest BCUT2D eigenvalue weighted by Crippen LogP contribution is -2.32. The minimum absolute atomic E-state index is 0.0229. The molecule has 3 rings (SSSR count). The molecule has 0 saturated carbocycles. The second-order valence-electron chi connectivity index (χ2n) is 7.40. The Morgan fingerprint density at radius 2 is 1.71 bits per heavy atom. The maximum Gasteiger partial charge on any atom is 0.418 e. The van der Waals surface area contributed by atoms with Crippen LogP contribution in [0.2, 0.25) is 0 Å². The third kappa shape index (κ3) is 5.62. The molecule has 1 aromatic heterocycles. The predicted molar refractivity (Wildman–Crippen MR) is 124 cm³/mol. The molecule has 8 nitrogen and oxygen atoms in total. The molecule has 0 atom stereocenters. The number of nitrogens with zero attached hydrogens (tertiary/aromatic N) is 2. The predicted octanol–water partition coefficient (Wildman–Crippen LogP) is 4.22. The van der Waals surface area contributed by atoms with Crippen LogP contribution in [0.25, 0.3) is 5.69 Å². The number of benzene rings is 2. The van der Waals surface area contributed by atoms with Gasteiger partial charge in [-0.2, -0.15) is 18.3 Å².